The lowest BCUT2D eigenvalue weighted by Gasteiger charge is -2.10. The molecule has 0 radical (unpaired) electrons. The number of amides is 3. The summed E-state index contributed by atoms with van der Waals surface area (Å²) in [6.45, 7) is 2.18. The van der Waals surface area contributed by atoms with Gasteiger partial charge in [-0.25, -0.2) is 0 Å². The van der Waals surface area contributed by atoms with Gasteiger partial charge in [0.05, 0.1) is 6.04 Å². The highest BCUT2D eigenvalue weighted by Crippen LogP contribution is 2.08. The molecular formula is C15H29N3O3. The van der Waals surface area contributed by atoms with Crippen LogP contribution in [0.1, 0.15) is 71.1 Å². The molecule has 6 heteroatoms. The number of hydrogen-bond donors (Lipinski definition) is 3. The summed E-state index contributed by atoms with van der Waals surface area (Å²) < 4.78 is 0. The Bertz CT molecular complexity index is 332. The lowest BCUT2D eigenvalue weighted by Crippen LogP contribution is -2.43. The highest BCUT2D eigenvalue weighted by molar-refractivity contribution is 5.97. The Kier molecular flexibility index (Phi) is 11.5. The fourth-order valence-electron chi connectivity index (χ4n) is 1.96. The van der Waals surface area contributed by atoms with Crippen molar-refractivity contribution in [1.82, 2.24) is 5.32 Å². The predicted octanol–water partition coefficient (Wildman–Crippen LogP) is 1.36. The van der Waals surface area contributed by atoms with Crippen molar-refractivity contribution in [3.8, 4) is 0 Å². The summed E-state index contributed by atoms with van der Waals surface area (Å²) in [5.74, 6) is -1.35. The molecule has 0 aromatic heterocycles. The fraction of sp³-hybridized carbons (Fsp3) is 0.800. The predicted molar refractivity (Wildman–Crippen MR) is 82.2 cm³/mol. The molecule has 0 saturated carbocycles. The smallest absolute Gasteiger partial charge is 0.243 e. The second-order valence-corrected chi connectivity index (χ2v) is 5.40. The van der Waals surface area contributed by atoms with Crippen LogP contribution in [0.3, 0.4) is 0 Å². The lowest BCUT2D eigenvalue weighted by molar-refractivity contribution is -0.131. The van der Waals surface area contributed by atoms with Crippen molar-refractivity contribution in [3.63, 3.8) is 0 Å². The second-order valence-electron chi connectivity index (χ2n) is 5.40. The van der Waals surface area contributed by atoms with Crippen LogP contribution in [-0.4, -0.2) is 23.8 Å². The number of hydrogen-bond acceptors (Lipinski definition) is 4. The second kappa shape index (κ2) is 12.3. The number of nitrogens with one attached hydrogen (secondary N) is 1. The SMILES string of the molecule is CCCCCCCCCC(=O)NC(=O)[C@@H](N)CCC(N)=O. The van der Waals surface area contributed by atoms with Crippen molar-refractivity contribution in [2.75, 3.05) is 0 Å². The van der Waals surface area contributed by atoms with Gasteiger partial charge in [0, 0.05) is 12.8 Å². The molecular weight excluding hydrogens is 270 g/mol. The number of primary amides is 1. The van der Waals surface area contributed by atoms with Crippen molar-refractivity contribution in [1.29, 1.82) is 0 Å². The third-order valence-electron chi connectivity index (χ3n) is 3.31. The van der Waals surface area contributed by atoms with Crippen LogP contribution in [0.4, 0.5) is 0 Å². The zero-order valence-electron chi connectivity index (χ0n) is 13.0. The average molecular weight is 299 g/mol. The quantitative estimate of drug-likeness (QED) is 0.472. The van der Waals surface area contributed by atoms with Crippen LogP contribution in [-0.2, 0) is 14.4 Å². The Morgan fingerprint density at radius 1 is 0.952 bits per heavy atom. The molecule has 0 unspecified atom stereocenters. The van der Waals surface area contributed by atoms with Crippen molar-refractivity contribution in [2.24, 2.45) is 11.5 Å². The Balaban J connectivity index is 3.64. The van der Waals surface area contributed by atoms with E-state index in [4.69, 9.17) is 11.5 Å². The van der Waals surface area contributed by atoms with Crippen molar-refractivity contribution < 1.29 is 14.4 Å². The van der Waals surface area contributed by atoms with E-state index in [1.54, 1.807) is 0 Å². The number of unbranched alkanes of at least 4 members (excludes halogenated alkanes) is 6. The molecule has 0 aromatic rings. The average Bonchev–Trinajstić information content (AvgIpc) is 2.43. The lowest BCUT2D eigenvalue weighted by atomic mass is 10.1. The van der Waals surface area contributed by atoms with Crippen LogP contribution in [0.5, 0.6) is 0 Å². The number of rotatable bonds is 12. The molecule has 21 heavy (non-hydrogen) atoms. The molecule has 1 atom stereocenters. The molecule has 0 aliphatic heterocycles. The van der Waals surface area contributed by atoms with Gasteiger partial charge in [0.1, 0.15) is 0 Å². The normalized spacial score (nSPS) is 11.9. The molecule has 0 rings (SSSR count). The summed E-state index contributed by atoms with van der Waals surface area (Å²) in [7, 11) is 0. The van der Waals surface area contributed by atoms with Crippen molar-refractivity contribution >= 4 is 17.7 Å². The van der Waals surface area contributed by atoms with Crippen LogP contribution < -0.4 is 16.8 Å². The third kappa shape index (κ3) is 12.1. The Morgan fingerprint density at radius 3 is 2.10 bits per heavy atom. The Labute approximate surface area is 127 Å². The molecule has 0 bridgehead atoms. The summed E-state index contributed by atoms with van der Waals surface area (Å²) in [5, 5.41) is 2.26. The first-order chi connectivity index (χ1) is 9.97. The van der Waals surface area contributed by atoms with E-state index in [0.717, 1.165) is 19.3 Å². The number of carbonyl (C=O) groups excluding carboxylic acids is 3. The van der Waals surface area contributed by atoms with E-state index < -0.39 is 17.9 Å². The van der Waals surface area contributed by atoms with Crippen LogP contribution >= 0.6 is 0 Å². The molecule has 0 aliphatic carbocycles. The van der Waals surface area contributed by atoms with Crippen LogP contribution in [0.15, 0.2) is 0 Å². The molecule has 0 heterocycles. The van der Waals surface area contributed by atoms with E-state index >= 15 is 0 Å². The summed E-state index contributed by atoms with van der Waals surface area (Å²) in [4.78, 5) is 33.7. The van der Waals surface area contributed by atoms with Gasteiger partial charge in [-0.1, -0.05) is 45.4 Å². The van der Waals surface area contributed by atoms with Gasteiger partial charge in [-0.05, 0) is 12.8 Å². The highest BCUT2D eigenvalue weighted by Gasteiger charge is 2.16. The first-order valence-corrected chi connectivity index (χ1v) is 7.85. The Hall–Kier alpha value is -1.43. The standard InChI is InChI=1S/C15H29N3O3/c1-2-3-4-5-6-7-8-9-14(20)18-15(21)12(16)10-11-13(17)19/h12H,2-11,16H2,1H3,(H2,17,19)(H,18,20,21)/t12-/m0/s1. The minimum absolute atomic E-state index is 0.0422. The van der Waals surface area contributed by atoms with Gasteiger partial charge in [0.2, 0.25) is 17.7 Å². The van der Waals surface area contributed by atoms with E-state index in [9.17, 15) is 14.4 Å². The maximum absolute atomic E-state index is 11.6. The molecule has 3 amide bonds. The van der Waals surface area contributed by atoms with Gasteiger partial charge in [-0.3, -0.25) is 19.7 Å². The van der Waals surface area contributed by atoms with E-state index in [1.165, 1.54) is 25.7 Å². The minimum Gasteiger partial charge on any atom is -0.370 e. The minimum atomic E-state index is -0.865. The molecule has 0 spiro atoms. The summed E-state index contributed by atoms with van der Waals surface area (Å²) in [6, 6.07) is -0.865. The van der Waals surface area contributed by atoms with Crippen LogP contribution in [0, 0.1) is 0 Å². The fourth-order valence-corrected chi connectivity index (χ4v) is 1.96. The molecule has 6 nitrogen and oxygen atoms in total. The topological polar surface area (TPSA) is 115 Å². The van der Waals surface area contributed by atoms with E-state index in [2.05, 4.69) is 12.2 Å². The van der Waals surface area contributed by atoms with Crippen LogP contribution in [0.25, 0.3) is 0 Å². The van der Waals surface area contributed by atoms with Crippen LogP contribution in [0.2, 0.25) is 0 Å². The van der Waals surface area contributed by atoms with Gasteiger partial charge in [-0.2, -0.15) is 0 Å². The van der Waals surface area contributed by atoms with Crippen molar-refractivity contribution in [2.45, 2.75) is 77.2 Å². The molecule has 122 valence electrons. The third-order valence-corrected chi connectivity index (χ3v) is 3.31. The highest BCUT2D eigenvalue weighted by atomic mass is 16.2. The van der Waals surface area contributed by atoms with Gasteiger partial charge in [0.15, 0.2) is 0 Å². The summed E-state index contributed by atoms with van der Waals surface area (Å²) in [5.41, 5.74) is 10.5. The zero-order valence-corrected chi connectivity index (χ0v) is 13.0. The van der Waals surface area contributed by atoms with E-state index in [1.807, 2.05) is 0 Å². The van der Waals surface area contributed by atoms with E-state index in [-0.39, 0.29) is 18.7 Å². The molecule has 0 aliphatic rings. The maximum atomic E-state index is 11.6. The summed E-state index contributed by atoms with van der Waals surface area (Å²) in [6.07, 6.45) is 8.37. The number of nitrogens with two attached hydrogens (primary N) is 2. The number of carbonyl (C=O) groups is 3. The molecule has 0 fully saturated rings. The van der Waals surface area contributed by atoms with Crippen molar-refractivity contribution in [3.05, 3.63) is 0 Å². The zero-order chi connectivity index (χ0) is 16.1. The van der Waals surface area contributed by atoms with Gasteiger partial charge in [-0.15, -0.1) is 0 Å². The van der Waals surface area contributed by atoms with Gasteiger partial charge in [0.25, 0.3) is 0 Å². The Morgan fingerprint density at radius 2 is 1.52 bits per heavy atom. The maximum Gasteiger partial charge on any atom is 0.243 e. The first kappa shape index (κ1) is 19.6. The molecule has 5 N–H and O–H groups in total. The largest absolute Gasteiger partial charge is 0.370 e. The van der Waals surface area contributed by atoms with Gasteiger partial charge >= 0.3 is 0 Å². The molecule has 0 saturated heterocycles. The summed E-state index contributed by atoms with van der Waals surface area (Å²) >= 11 is 0. The van der Waals surface area contributed by atoms with E-state index in [0.29, 0.717) is 6.42 Å². The molecule has 0 aromatic carbocycles. The monoisotopic (exact) mass is 299 g/mol. The number of imide groups is 1. The first-order valence-electron chi connectivity index (χ1n) is 7.85. The van der Waals surface area contributed by atoms with Gasteiger partial charge < -0.3 is 11.5 Å².